The lowest BCUT2D eigenvalue weighted by atomic mass is 10.1. The van der Waals surface area contributed by atoms with Gasteiger partial charge in [-0.05, 0) is 43.2 Å². The van der Waals surface area contributed by atoms with E-state index in [0.717, 1.165) is 24.3 Å². The molecule has 1 aromatic heterocycles. The SMILES string of the molecule is Cc1cccc(C)c1N1CCc2c1cnn2C(=O)c1cccc(Cl)c1. The van der Waals surface area contributed by atoms with E-state index in [2.05, 4.69) is 42.0 Å². The molecular weight excluding hydrogens is 334 g/mol. The average Bonchev–Trinajstić information content (AvgIpc) is 3.17. The number of aryl methyl sites for hydroxylation is 2. The Morgan fingerprint density at radius 2 is 1.84 bits per heavy atom. The quantitative estimate of drug-likeness (QED) is 0.680. The number of fused-ring (bicyclic) bond motifs is 1. The summed E-state index contributed by atoms with van der Waals surface area (Å²) in [5.41, 5.74) is 6.16. The van der Waals surface area contributed by atoms with Crippen LogP contribution in [0, 0.1) is 13.8 Å². The predicted octanol–water partition coefficient (Wildman–Crippen LogP) is 4.54. The molecule has 0 fully saturated rings. The molecule has 4 rings (SSSR count). The van der Waals surface area contributed by atoms with Crippen molar-refractivity contribution >= 4 is 28.9 Å². The molecule has 4 nitrogen and oxygen atoms in total. The molecule has 0 bridgehead atoms. The summed E-state index contributed by atoms with van der Waals surface area (Å²) in [7, 11) is 0. The van der Waals surface area contributed by atoms with Crippen LogP contribution in [0.3, 0.4) is 0 Å². The molecule has 0 amide bonds. The first-order valence-electron chi connectivity index (χ1n) is 8.27. The second-order valence-electron chi connectivity index (χ2n) is 6.35. The third-order valence-electron chi connectivity index (χ3n) is 4.68. The molecule has 0 atom stereocenters. The van der Waals surface area contributed by atoms with E-state index in [1.165, 1.54) is 21.5 Å². The Morgan fingerprint density at radius 1 is 1.12 bits per heavy atom. The molecule has 25 heavy (non-hydrogen) atoms. The van der Waals surface area contributed by atoms with Crippen molar-refractivity contribution in [2.75, 3.05) is 11.4 Å². The third-order valence-corrected chi connectivity index (χ3v) is 4.92. The maximum absolute atomic E-state index is 12.8. The monoisotopic (exact) mass is 351 g/mol. The summed E-state index contributed by atoms with van der Waals surface area (Å²) in [4.78, 5) is 15.1. The van der Waals surface area contributed by atoms with Crippen molar-refractivity contribution in [3.8, 4) is 0 Å². The largest absolute Gasteiger partial charge is 0.338 e. The molecule has 0 aliphatic carbocycles. The molecule has 0 saturated heterocycles. The van der Waals surface area contributed by atoms with Crippen LogP contribution in [-0.4, -0.2) is 22.2 Å². The smallest absolute Gasteiger partial charge is 0.278 e. The highest BCUT2D eigenvalue weighted by atomic mass is 35.5. The average molecular weight is 352 g/mol. The van der Waals surface area contributed by atoms with Crippen LogP contribution in [0.2, 0.25) is 5.02 Å². The summed E-state index contributed by atoms with van der Waals surface area (Å²) in [6.07, 6.45) is 2.58. The van der Waals surface area contributed by atoms with Crippen molar-refractivity contribution in [1.82, 2.24) is 9.78 Å². The van der Waals surface area contributed by atoms with Crippen molar-refractivity contribution in [3.63, 3.8) is 0 Å². The normalized spacial score (nSPS) is 13.2. The summed E-state index contributed by atoms with van der Waals surface area (Å²) in [5.74, 6) is -0.146. The van der Waals surface area contributed by atoms with Crippen LogP contribution in [-0.2, 0) is 6.42 Å². The number of hydrogen-bond acceptors (Lipinski definition) is 3. The van der Waals surface area contributed by atoms with Crippen LogP contribution < -0.4 is 4.90 Å². The van der Waals surface area contributed by atoms with Gasteiger partial charge in [-0.15, -0.1) is 0 Å². The second-order valence-corrected chi connectivity index (χ2v) is 6.78. The highest BCUT2D eigenvalue weighted by molar-refractivity contribution is 6.31. The van der Waals surface area contributed by atoms with Crippen molar-refractivity contribution < 1.29 is 4.79 Å². The number of carbonyl (C=O) groups is 1. The van der Waals surface area contributed by atoms with Crippen molar-refractivity contribution in [2.45, 2.75) is 20.3 Å². The molecule has 5 heteroatoms. The summed E-state index contributed by atoms with van der Waals surface area (Å²) >= 11 is 6.02. The Labute approximate surface area is 151 Å². The van der Waals surface area contributed by atoms with E-state index in [1.807, 2.05) is 0 Å². The van der Waals surface area contributed by atoms with Crippen LogP contribution in [0.5, 0.6) is 0 Å². The molecule has 2 heterocycles. The van der Waals surface area contributed by atoms with Gasteiger partial charge in [0.25, 0.3) is 5.91 Å². The Hall–Kier alpha value is -2.59. The number of benzene rings is 2. The summed E-state index contributed by atoms with van der Waals surface area (Å²) < 4.78 is 1.51. The maximum atomic E-state index is 12.8. The van der Waals surface area contributed by atoms with Crippen molar-refractivity contribution in [3.05, 3.63) is 76.1 Å². The Morgan fingerprint density at radius 3 is 2.56 bits per heavy atom. The zero-order chi connectivity index (χ0) is 17.6. The fraction of sp³-hybridized carbons (Fsp3) is 0.200. The molecule has 2 aromatic carbocycles. The summed E-state index contributed by atoms with van der Waals surface area (Å²) in [5, 5.41) is 4.91. The maximum Gasteiger partial charge on any atom is 0.278 e. The molecule has 3 aromatic rings. The van der Waals surface area contributed by atoms with Crippen LogP contribution in [0.25, 0.3) is 0 Å². The van der Waals surface area contributed by atoms with Gasteiger partial charge in [-0.25, -0.2) is 0 Å². The van der Waals surface area contributed by atoms with Gasteiger partial charge in [-0.2, -0.15) is 9.78 Å². The number of hydrogen-bond donors (Lipinski definition) is 0. The number of anilines is 2. The lowest BCUT2D eigenvalue weighted by Gasteiger charge is -2.22. The fourth-order valence-electron chi connectivity index (χ4n) is 3.55. The van der Waals surface area contributed by atoms with Gasteiger partial charge >= 0.3 is 0 Å². The first-order valence-corrected chi connectivity index (χ1v) is 8.65. The number of para-hydroxylation sites is 1. The number of carbonyl (C=O) groups excluding carboxylic acids is 1. The summed E-state index contributed by atoms with van der Waals surface area (Å²) in [6.45, 7) is 5.07. The van der Waals surface area contributed by atoms with Gasteiger partial charge in [0.1, 0.15) is 0 Å². The van der Waals surface area contributed by atoms with Crippen LogP contribution in [0.15, 0.2) is 48.7 Å². The topological polar surface area (TPSA) is 38.1 Å². The van der Waals surface area contributed by atoms with Crippen molar-refractivity contribution in [2.24, 2.45) is 0 Å². The first kappa shape index (κ1) is 15.9. The number of aromatic nitrogens is 2. The highest BCUT2D eigenvalue weighted by Gasteiger charge is 2.29. The Balaban J connectivity index is 1.74. The molecule has 0 N–H and O–H groups in total. The van der Waals surface area contributed by atoms with E-state index >= 15 is 0 Å². The predicted molar refractivity (Wildman–Crippen MR) is 100 cm³/mol. The fourth-order valence-corrected chi connectivity index (χ4v) is 3.74. The molecule has 126 valence electrons. The number of nitrogens with zero attached hydrogens (tertiary/aromatic N) is 3. The lowest BCUT2D eigenvalue weighted by Crippen LogP contribution is -2.17. The molecule has 0 radical (unpaired) electrons. The molecular formula is C20H18ClN3O. The van der Waals surface area contributed by atoms with Crippen LogP contribution in [0.4, 0.5) is 11.4 Å². The molecule has 0 saturated carbocycles. The van der Waals surface area contributed by atoms with E-state index in [9.17, 15) is 4.79 Å². The molecule has 0 spiro atoms. The van der Waals surface area contributed by atoms with Gasteiger partial charge < -0.3 is 4.90 Å². The van der Waals surface area contributed by atoms with Gasteiger partial charge in [0.15, 0.2) is 0 Å². The van der Waals surface area contributed by atoms with E-state index in [-0.39, 0.29) is 5.91 Å². The van der Waals surface area contributed by atoms with E-state index in [4.69, 9.17) is 11.6 Å². The molecule has 0 unspecified atom stereocenters. The minimum absolute atomic E-state index is 0.146. The summed E-state index contributed by atoms with van der Waals surface area (Å²) in [6, 6.07) is 13.3. The van der Waals surface area contributed by atoms with Crippen LogP contribution in [0.1, 0.15) is 27.2 Å². The third kappa shape index (κ3) is 2.63. The zero-order valence-electron chi connectivity index (χ0n) is 14.2. The van der Waals surface area contributed by atoms with Gasteiger partial charge in [0, 0.05) is 29.2 Å². The molecule has 1 aliphatic rings. The number of halogens is 1. The lowest BCUT2D eigenvalue weighted by molar-refractivity contribution is 0.0942. The standard InChI is InChI=1S/C20H18ClN3O/c1-13-5-3-6-14(2)19(13)23-10-9-17-18(23)12-22-24(17)20(25)15-7-4-8-16(21)11-15/h3-8,11-12H,9-10H2,1-2H3. The highest BCUT2D eigenvalue weighted by Crippen LogP contribution is 2.38. The molecule has 1 aliphatic heterocycles. The number of rotatable bonds is 2. The minimum Gasteiger partial charge on any atom is -0.338 e. The van der Waals surface area contributed by atoms with Crippen LogP contribution >= 0.6 is 11.6 Å². The minimum atomic E-state index is -0.146. The Bertz CT molecular complexity index is 957. The van der Waals surface area contributed by atoms with Gasteiger partial charge in [-0.3, -0.25) is 4.79 Å². The van der Waals surface area contributed by atoms with E-state index < -0.39 is 0 Å². The van der Waals surface area contributed by atoms with Crippen molar-refractivity contribution in [1.29, 1.82) is 0 Å². The second kappa shape index (κ2) is 6.05. The van der Waals surface area contributed by atoms with Gasteiger partial charge in [-0.1, -0.05) is 35.9 Å². The van der Waals surface area contributed by atoms with Gasteiger partial charge in [0.05, 0.1) is 17.6 Å². The van der Waals surface area contributed by atoms with Gasteiger partial charge in [0.2, 0.25) is 0 Å². The Kier molecular flexibility index (Phi) is 3.85. The van der Waals surface area contributed by atoms with E-state index in [1.54, 1.807) is 30.5 Å². The first-order chi connectivity index (χ1) is 12.1. The van der Waals surface area contributed by atoms with E-state index in [0.29, 0.717) is 10.6 Å². The zero-order valence-corrected chi connectivity index (χ0v) is 14.9.